The highest BCUT2D eigenvalue weighted by Crippen LogP contribution is 2.51. The van der Waals surface area contributed by atoms with Crippen LogP contribution in [0.1, 0.15) is 185 Å². The number of hydrogen-bond acceptors (Lipinski definition) is 9. The van der Waals surface area contributed by atoms with Crippen molar-refractivity contribution in [3.05, 3.63) is 70.3 Å². The molecule has 0 amide bonds. The summed E-state index contributed by atoms with van der Waals surface area (Å²) in [5, 5.41) is 32.1. The first-order chi connectivity index (χ1) is 29.2. The first-order valence-corrected chi connectivity index (χ1v) is 25.5. The maximum absolute atomic E-state index is 12.5. The molecule has 0 radical (unpaired) electrons. The number of esters is 2. The highest BCUT2D eigenvalue weighted by atomic mass is 32.2. The van der Waals surface area contributed by atoms with Crippen molar-refractivity contribution in [1.29, 1.82) is 0 Å². The van der Waals surface area contributed by atoms with Crippen molar-refractivity contribution >= 4 is 35.5 Å². The second-order valence-electron chi connectivity index (χ2n) is 23.7. The number of carbonyl (C=O) groups excluding carboxylic acids is 2. The minimum absolute atomic E-state index is 0.0854. The Balaban J connectivity index is 0.000000285. The van der Waals surface area contributed by atoms with E-state index in [0.29, 0.717) is 35.7 Å². The smallest absolute Gasteiger partial charge is 0.308 e. The zero-order valence-electron chi connectivity index (χ0n) is 42.7. The summed E-state index contributed by atoms with van der Waals surface area (Å²) in [6.07, 6.45) is 9.70. The monoisotopic (exact) mass is 921 g/mol. The van der Waals surface area contributed by atoms with Crippen LogP contribution >= 0.6 is 23.5 Å². The lowest BCUT2D eigenvalue weighted by Gasteiger charge is -2.43. The topological polar surface area (TPSA) is 113 Å². The molecule has 3 N–H and O–H groups in total. The van der Waals surface area contributed by atoms with Gasteiger partial charge < -0.3 is 24.8 Å². The van der Waals surface area contributed by atoms with Crippen LogP contribution in [0, 0.1) is 29.6 Å². The van der Waals surface area contributed by atoms with Crippen LogP contribution in [0.15, 0.2) is 57.9 Å². The number of thioether (sulfide) groups is 2. The summed E-state index contributed by atoms with van der Waals surface area (Å²) in [6.45, 7) is 38.7. The van der Waals surface area contributed by atoms with Crippen LogP contribution in [0.2, 0.25) is 0 Å². The molecule has 64 heavy (non-hydrogen) atoms. The van der Waals surface area contributed by atoms with Crippen LogP contribution in [-0.2, 0) is 40.7 Å². The van der Waals surface area contributed by atoms with Gasteiger partial charge in [0.1, 0.15) is 23.7 Å². The van der Waals surface area contributed by atoms with Crippen LogP contribution in [0.3, 0.4) is 0 Å². The molecule has 0 aromatic heterocycles. The second-order valence-corrected chi connectivity index (χ2v) is 27.3. The fraction of sp³-hybridized carbons (Fsp3) is 0.673. The number of cyclic esters (lactones) is 1. The molecular formula is C55H84O7S2. The zero-order valence-corrected chi connectivity index (χ0v) is 44.3. The minimum Gasteiger partial charge on any atom is -0.507 e. The summed E-state index contributed by atoms with van der Waals surface area (Å²) in [7, 11) is 0. The Morgan fingerprint density at radius 2 is 1.22 bits per heavy atom. The van der Waals surface area contributed by atoms with Crippen molar-refractivity contribution in [3.8, 4) is 11.5 Å². The molecule has 1 aliphatic heterocycles. The molecule has 7 nitrogen and oxygen atoms in total. The molecule has 0 unspecified atom stereocenters. The number of fused-ring (bicyclic) bond motifs is 1. The molecule has 1 saturated heterocycles. The number of aliphatic hydroxyl groups is 1. The largest absolute Gasteiger partial charge is 0.507 e. The maximum atomic E-state index is 12.5. The van der Waals surface area contributed by atoms with E-state index in [1.165, 1.54) is 15.4 Å². The minimum atomic E-state index is -0.597. The van der Waals surface area contributed by atoms with Gasteiger partial charge in [0.2, 0.25) is 0 Å². The first-order valence-electron chi connectivity index (χ1n) is 23.8. The van der Waals surface area contributed by atoms with Gasteiger partial charge in [0.05, 0.1) is 22.5 Å². The molecule has 0 spiro atoms. The number of allylic oxidation sites excluding steroid dienone is 3. The van der Waals surface area contributed by atoms with E-state index in [-0.39, 0.29) is 68.1 Å². The number of aliphatic hydroxyl groups excluding tert-OH is 1. The Bertz CT molecular complexity index is 1860. The molecule has 1 heterocycles. The molecule has 8 atom stereocenters. The van der Waals surface area contributed by atoms with Gasteiger partial charge in [0.25, 0.3) is 0 Å². The third-order valence-corrected chi connectivity index (χ3v) is 15.5. The van der Waals surface area contributed by atoms with Crippen molar-refractivity contribution in [3.63, 3.8) is 0 Å². The van der Waals surface area contributed by atoms with E-state index in [1.807, 2.05) is 37.4 Å². The Labute approximate surface area is 396 Å². The summed E-state index contributed by atoms with van der Waals surface area (Å²) in [6, 6.07) is 8.65. The lowest BCUT2D eigenvalue weighted by atomic mass is 9.65. The van der Waals surface area contributed by atoms with Crippen molar-refractivity contribution in [2.24, 2.45) is 29.6 Å². The van der Waals surface area contributed by atoms with E-state index in [0.717, 1.165) is 47.9 Å². The summed E-state index contributed by atoms with van der Waals surface area (Å²) in [4.78, 5) is 26.5. The Kier molecular flexibility index (Phi) is 17.3. The van der Waals surface area contributed by atoms with Gasteiger partial charge in [-0.05, 0) is 109 Å². The van der Waals surface area contributed by atoms with E-state index in [2.05, 4.69) is 153 Å². The average molecular weight is 921 g/mol. The Morgan fingerprint density at radius 1 is 0.766 bits per heavy atom. The number of ether oxygens (including phenoxy) is 2. The van der Waals surface area contributed by atoms with Crippen LogP contribution in [0.25, 0.3) is 0 Å². The highest BCUT2D eigenvalue weighted by molar-refractivity contribution is 8.18. The van der Waals surface area contributed by atoms with Gasteiger partial charge in [-0.25, -0.2) is 0 Å². The molecule has 9 heteroatoms. The molecule has 358 valence electrons. The number of phenolic OH excluding ortho intramolecular Hbond substituents is 2. The fourth-order valence-electron chi connectivity index (χ4n) is 9.28. The predicted octanol–water partition coefficient (Wildman–Crippen LogP) is 14.1. The highest BCUT2D eigenvalue weighted by Gasteiger charge is 2.42. The maximum Gasteiger partial charge on any atom is 0.308 e. The van der Waals surface area contributed by atoms with Crippen molar-refractivity contribution in [1.82, 2.24) is 0 Å². The summed E-state index contributed by atoms with van der Waals surface area (Å²) in [5.41, 5.74) is 4.61. The van der Waals surface area contributed by atoms with E-state index in [4.69, 9.17) is 9.47 Å². The fourth-order valence-corrected chi connectivity index (χ4v) is 11.9. The molecule has 1 fully saturated rings. The first kappa shape index (κ1) is 53.7. The van der Waals surface area contributed by atoms with Gasteiger partial charge in [0.15, 0.2) is 0 Å². The van der Waals surface area contributed by atoms with Crippen LogP contribution in [-0.4, -0.2) is 49.6 Å². The number of carbonyl (C=O) groups is 2. The van der Waals surface area contributed by atoms with Crippen LogP contribution < -0.4 is 0 Å². The number of aromatic hydroxyl groups is 2. The van der Waals surface area contributed by atoms with Crippen LogP contribution in [0.5, 0.6) is 11.5 Å². The standard InChI is InChI=1S/C31H48O2S2.C24H36O5/c1-27(2,3)21-15-19(16-22(25(21)32)28(4,5)6)34-31(13,14)35-20-17-23(29(7,8)9)26(33)24(18-20)30(10,11)12;1-5-15(3)24(27)29-21-11-14(2)10-17-7-6-16(4)20(23(17)21)9-8-19-12-18(25)13-22(26)28-19/h15-18,32-33H,1-14H3;6-7,10,14-16,18-21,23,25H,5,8-9,11-13H2,1-4H3/t;14-,15-,16-,18+,19+,20-,21-,23-/m.0/s1. The molecule has 2 aliphatic carbocycles. The third kappa shape index (κ3) is 14.1. The molecule has 5 rings (SSSR count). The van der Waals surface area contributed by atoms with Gasteiger partial charge >= 0.3 is 11.9 Å². The normalized spacial score (nSPS) is 24.8. The Morgan fingerprint density at radius 3 is 1.62 bits per heavy atom. The quantitative estimate of drug-likeness (QED) is 0.122. The van der Waals surface area contributed by atoms with Gasteiger partial charge in [-0.2, -0.15) is 0 Å². The third-order valence-electron chi connectivity index (χ3n) is 13.1. The van der Waals surface area contributed by atoms with E-state index < -0.39 is 6.10 Å². The van der Waals surface area contributed by atoms with Gasteiger partial charge in [-0.1, -0.05) is 129 Å². The molecular weight excluding hydrogens is 837 g/mol. The number of hydrogen-bond donors (Lipinski definition) is 3. The summed E-state index contributed by atoms with van der Waals surface area (Å²) in [5.74, 6) is 1.59. The average Bonchev–Trinajstić information content (AvgIpc) is 3.13. The SMILES string of the molecule is CC(C)(Sc1cc(C(C)(C)C)c(O)c(C(C)(C)C)c1)Sc1cc(C(C)(C)C)c(O)c(C(C)(C)C)c1.CC[C@H](C)C(=O)O[C@H]1C[C@@H](C)C=C2C=C[C@H](C)[C@H](CC[C@@H]3C[C@@H](O)CC(=O)O3)[C@H]21. The van der Waals surface area contributed by atoms with Crippen molar-refractivity contribution in [2.45, 2.75) is 217 Å². The Hall–Kier alpha value is -2.88. The number of rotatable bonds is 10. The molecule has 3 aliphatic rings. The summed E-state index contributed by atoms with van der Waals surface area (Å²) < 4.78 is 11.3. The van der Waals surface area contributed by atoms with Gasteiger partial charge in [-0.15, -0.1) is 23.5 Å². The number of phenols is 2. The van der Waals surface area contributed by atoms with Gasteiger partial charge in [-0.3, -0.25) is 9.59 Å². The lowest BCUT2D eigenvalue weighted by Crippen LogP contribution is -2.42. The van der Waals surface area contributed by atoms with Crippen molar-refractivity contribution in [2.75, 3.05) is 0 Å². The lowest BCUT2D eigenvalue weighted by molar-refractivity contribution is -0.162. The summed E-state index contributed by atoms with van der Waals surface area (Å²) >= 11 is 3.66. The molecule has 0 saturated carbocycles. The second kappa shape index (κ2) is 20.6. The van der Waals surface area contributed by atoms with E-state index >= 15 is 0 Å². The molecule has 2 aromatic rings. The zero-order chi connectivity index (χ0) is 48.5. The number of benzene rings is 2. The molecule has 0 bridgehead atoms. The van der Waals surface area contributed by atoms with Crippen molar-refractivity contribution < 1.29 is 34.4 Å². The van der Waals surface area contributed by atoms with Gasteiger partial charge in [0, 0.05) is 44.4 Å². The molecule has 2 aromatic carbocycles. The van der Waals surface area contributed by atoms with E-state index in [1.54, 1.807) is 0 Å². The predicted molar refractivity (Wildman–Crippen MR) is 268 cm³/mol. The van der Waals surface area contributed by atoms with Crippen LogP contribution in [0.4, 0.5) is 0 Å². The van der Waals surface area contributed by atoms with E-state index in [9.17, 15) is 24.9 Å².